The second kappa shape index (κ2) is 14.3. The van der Waals surface area contributed by atoms with Gasteiger partial charge in [-0.05, 0) is 18.2 Å². The molecule has 1 aliphatic heterocycles. The average molecular weight is 461 g/mol. The summed E-state index contributed by atoms with van der Waals surface area (Å²) in [7, 11) is 0. The summed E-state index contributed by atoms with van der Waals surface area (Å²) in [4.78, 5) is 36.8. The number of aryl methyl sites for hydroxylation is 1. The minimum atomic E-state index is -0.223. The highest BCUT2D eigenvalue weighted by atomic mass is 32.2. The van der Waals surface area contributed by atoms with Gasteiger partial charge in [-0.15, -0.1) is 0 Å². The topological polar surface area (TPSA) is 69.3 Å². The zero-order chi connectivity index (χ0) is 23.3. The van der Waals surface area contributed by atoms with Crippen LogP contribution >= 0.6 is 11.8 Å². The summed E-state index contributed by atoms with van der Waals surface area (Å²) in [6, 6.07) is 0.695. The molecule has 32 heavy (non-hydrogen) atoms. The molecule has 1 N–H and O–H groups in total. The molecule has 2 aliphatic rings. The van der Waals surface area contributed by atoms with Gasteiger partial charge in [0.2, 0.25) is 5.91 Å². The molecule has 7 heteroatoms. The van der Waals surface area contributed by atoms with Crippen molar-refractivity contribution in [2.45, 2.75) is 82.7 Å². The van der Waals surface area contributed by atoms with Crippen LogP contribution in [0.1, 0.15) is 76.6 Å². The lowest BCUT2D eigenvalue weighted by Crippen LogP contribution is -2.52. The average Bonchev–Trinajstić information content (AvgIpc) is 2.79. The Balaban J connectivity index is 0.00000176. The molecule has 1 aromatic heterocycles. The molecule has 1 aliphatic carbocycles. The van der Waals surface area contributed by atoms with E-state index in [2.05, 4.69) is 28.0 Å². The van der Waals surface area contributed by atoms with Gasteiger partial charge in [0.25, 0.3) is 5.56 Å². The lowest BCUT2D eigenvalue weighted by atomic mass is 9.95. The van der Waals surface area contributed by atoms with Crippen molar-refractivity contribution in [2.75, 3.05) is 26.2 Å². The quantitative estimate of drug-likeness (QED) is 0.465. The van der Waals surface area contributed by atoms with E-state index in [-0.39, 0.29) is 11.5 Å². The Morgan fingerprint density at radius 3 is 2.31 bits per heavy atom. The Hall–Kier alpha value is -1.86. The fourth-order valence-corrected chi connectivity index (χ4v) is 5.12. The molecule has 0 aromatic carbocycles. The molecular weight excluding hydrogens is 420 g/mol. The monoisotopic (exact) mass is 460 g/mol. The van der Waals surface area contributed by atoms with Gasteiger partial charge in [0.15, 0.2) is 0 Å². The number of hydrogen-bond acceptors (Lipinski definition) is 5. The Morgan fingerprint density at radius 1 is 1.09 bits per heavy atom. The molecule has 2 fully saturated rings. The minimum absolute atomic E-state index is 0.140. The number of piperazine rings is 1. The Morgan fingerprint density at radius 2 is 1.72 bits per heavy atom. The number of hydrogen-bond donors (Lipinski definition) is 1. The van der Waals surface area contributed by atoms with E-state index in [1.165, 1.54) is 62.8 Å². The largest absolute Gasteiger partial charge is 0.340 e. The summed E-state index contributed by atoms with van der Waals surface area (Å²) < 4.78 is 0. The first-order chi connectivity index (χ1) is 15.6. The number of aromatic amines is 1. The number of aromatic nitrogens is 2. The molecule has 6 nitrogen and oxygen atoms in total. The van der Waals surface area contributed by atoms with E-state index in [1.54, 1.807) is 5.41 Å². The molecule has 1 saturated carbocycles. The predicted octanol–water partition coefficient (Wildman–Crippen LogP) is 4.86. The lowest BCUT2D eigenvalue weighted by molar-refractivity contribution is -0.133. The molecule has 0 unspecified atom stereocenters. The molecule has 0 radical (unpaired) electrons. The number of rotatable bonds is 7. The van der Waals surface area contributed by atoms with Crippen molar-refractivity contribution in [3.8, 4) is 0 Å². The molecule has 1 amide bonds. The molecular formula is C25H40N4O2S. The van der Waals surface area contributed by atoms with Crippen molar-refractivity contribution in [3.05, 3.63) is 40.3 Å². The number of amides is 1. The molecule has 2 heterocycles. The van der Waals surface area contributed by atoms with Crippen LogP contribution in [0.2, 0.25) is 0 Å². The fraction of sp³-hybridized carbons (Fsp3) is 0.640. The second-order valence-electron chi connectivity index (χ2n) is 8.14. The van der Waals surface area contributed by atoms with E-state index in [0.29, 0.717) is 35.3 Å². The first-order valence-electron chi connectivity index (χ1n) is 12.2. The Bertz CT molecular complexity index is 792. The van der Waals surface area contributed by atoms with Gasteiger partial charge in [-0.2, -0.15) is 0 Å². The van der Waals surface area contributed by atoms with Gasteiger partial charge in [-0.25, -0.2) is 4.98 Å². The van der Waals surface area contributed by atoms with Gasteiger partial charge in [-0.1, -0.05) is 76.9 Å². The van der Waals surface area contributed by atoms with E-state index >= 15 is 0 Å². The normalized spacial score (nSPS) is 18.1. The number of carbonyl (C=O) groups excluding carboxylic acids is 1. The van der Waals surface area contributed by atoms with E-state index in [4.69, 9.17) is 0 Å². The van der Waals surface area contributed by atoms with Crippen LogP contribution in [0, 0.1) is 0 Å². The van der Waals surface area contributed by atoms with Crippen molar-refractivity contribution in [1.82, 2.24) is 19.8 Å². The Kier molecular flexibility index (Phi) is 11.8. The van der Waals surface area contributed by atoms with Crippen LogP contribution in [0.5, 0.6) is 0 Å². The molecule has 1 aromatic rings. The number of carbonyl (C=O) groups is 1. The molecule has 178 valence electrons. The molecule has 0 spiro atoms. The fourth-order valence-electron chi connectivity index (χ4n) is 4.49. The maximum Gasteiger partial charge on any atom is 0.259 e. The van der Waals surface area contributed by atoms with E-state index in [1.807, 2.05) is 18.7 Å². The summed E-state index contributed by atoms with van der Waals surface area (Å²) in [6.45, 7) is 14.9. The van der Waals surface area contributed by atoms with E-state index < -0.39 is 0 Å². The zero-order valence-electron chi connectivity index (χ0n) is 19.9. The number of nitrogens with zero attached hydrogens (tertiary/aromatic N) is 3. The van der Waals surface area contributed by atoms with Crippen LogP contribution in [0.4, 0.5) is 0 Å². The van der Waals surface area contributed by atoms with Crippen molar-refractivity contribution >= 4 is 23.7 Å². The Labute approximate surface area is 197 Å². The highest BCUT2D eigenvalue weighted by Gasteiger charge is 2.26. The summed E-state index contributed by atoms with van der Waals surface area (Å²) in [5, 5.41) is 2.22. The highest BCUT2D eigenvalue weighted by Crippen LogP contribution is 2.23. The second-order valence-corrected chi connectivity index (χ2v) is 9.09. The van der Waals surface area contributed by atoms with Gasteiger partial charge in [0.1, 0.15) is 10.9 Å². The van der Waals surface area contributed by atoms with Gasteiger partial charge in [0, 0.05) is 45.1 Å². The van der Waals surface area contributed by atoms with Crippen LogP contribution in [-0.2, 0) is 11.2 Å². The summed E-state index contributed by atoms with van der Waals surface area (Å²) in [5.74, 6) is 0.678. The van der Waals surface area contributed by atoms with E-state index in [0.717, 1.165) is 26.2 Å². The van der Waals surface area contributed by atoms with Crippen LogP contribution in [0.3, 0.4) is 0 Å². The van der Waals surface area contributed by atoms with Crippen molar-refractivity contribution in [2.24, 2.45) is 0 Å². The van der Waals surface area contributed by atoms with Crippen LogP contribution in [0.25, 0.3) is 6.08 Å². The number of nitrogens with one attached hydrogen (secondary N) is 1. The minimum Gasteiger partial charge on any atom is -0.340 e. The third-order valence-electron chi connectivity index (χ3n) is 6.20. The van der Waals surface area contributed by atoms with Gasteiger partial charge in [0.05, 0.1) is 5.56 Å². The highest BCUT2D eigenvalue weighted by molar-refractivity contribution is 8.02. The van der Waals surface area contributed by atoms with Gasteiger partial charge < -0.3 is 9.88 Å². The van der Waals surface area contributed by atoms with Crippen molar-refractivity contribution in [3.63, 3.8) is 0 Å². The molecule has 1 saturated heterocycles. The molecule has 0 bridgehead atoms. The third-order valence-corrected chi connectivity index (χ3v) is 6.90. The zero-order valence-corrected chi connectivity index (χ0v) is 20.7. The van der Waals surface area contributed by atoms with Gasteiger partial charge in [-0.3, -0.25) is 14.5 Å². The summed E-state index contributed by atoms with van der Waals surface area (Å²) >= 11 is 1.29. The van der Waals surface area contributed by atoms with Crippen LogP contribution < -0.4 is 5.56 Å². The SMILES string of the molecule is C=CSc1nc(CCC(=O)N2CCN(C3CCCCCCC3)CC2)[nH]c(=O)c1C=C.CC. The lowest BCUT2D eigenvalue weighted by Gasteiger charge is -2.40. The van der Waals surface area contributed by atoms with Crippen molar-refractivity contribution in [1.29, 1.82) is 0 Å². The number of thioether (sulfide) groups is 1. The number of H-pyrrole nitrogens is 1. The standard InChI is InChI=1S/C23H34N4O2S.C2H6/c1-3-19-22(29)24-20(25-23(19)30-4-2)12-13-21(28)27-16-14-26(15-17-27)18-10-8-6-5-7-9-11-18;1-2/h3-4,18H,1-2,5-17H2,(H,24,25,29);1-2H3. The smallest absolute Gasteiger partial charge is 0.259 e. The summed E-state index contributed by atoms with van der Waals surface area (Å²) in [5.41, 5.74) is 0.222. The summed E-state index contributed by atoms with van der Waals surface area (Å²) in [6.07, 6.45) is 11.7. The first-order valence-corrected chi connectivity index (χ1v) is 13.1. The van der Waals surface area contributed by atoms with Crippen LogP contribution in [0.15, 0.2) is 28.4 Å². The molecule has 0 atom stereocenters. The maximum atomic E-state index is 12.7. The predicted molar refractivity (Wildman–Crippen MR) is 135 cm³/mol. The van der Waals surface area contributed by atoms with Gasteiger partial charge >= 0.3 is 0 Å². The van der Waals surface area contributed by atoms with Crippen LogP contribution in [-0.4, -0.2) is 57.9 Å². The third kappa shape index (κ3) is 7.62. The maximum absolute atomic E-state index is 12.7. The molecule has 3 rings (SSSR count). The van der Waals surface area contributed by atoms with E-state index in [9.17, 15) is 9.59 Å². The van der Waals surface area contributed by atoms with Crippen molar-refractivity contribution < 1.29 is 4.79 Å². The first kappa shape index (κ1) is 26.4.